The van der Waals surface area contributed by atoms with Crippen molar-refractivity contribution >= 4 is 11.6 Å². The molecule has 0 bridgehead atoms. The van der Waals surface area contributed by atoms with Crippen LogP contribution in [0.2, 0.25) is 0 Å². The van der Waals surface area contributed by atoms with Crippen LogP contribution in [0.5, 0.6) is 0 Å². The Morgan fingerprint density at radius 2 is 1.94 bits per heavy atom. The number of Topliss-reactive ketones (excluding diaryl/α,β-unsaturated/α-hetero) is 2. The molecule has 0 aromatic rings. The quantitative estimate of drug-likeness (QED) is 0.711. The molecule has 0 heterocycles. The summed E-state index contributed by atoms with van der Waals surface area (Å²) in [6, 6.07) is 0. The molecule has 1 N–H and O–H groups in total. The largest absolute Gasteiger partial charge is 0.493 e. The van der Waals surface area contributed by atoms with E-state index in [4.69, 9.17) is 4.74 Å². The first-order valence-electron chi connectivity index (χ1n) is 6.06. The second kappa shape index (κ2) is 4.05. The van der Waals surface area contributed by atoms with E-state index in [9.17, 15) is 14.7 Å². The SMILES string of the molecule is COC1=C(C)C(=O)[C@@]2(C)[C@@H](O)C=C[C@@H](C)[C@@H]2C1=O. The Hall–Kier alpha value is -1.42. The lowest BCUT2D eigenvalue weighted by molar-refractivity contribution is -0.148. The number of aliphatic hydroxyl groups excluding tert-OH is 1. The third kappa shape index (κ3) is 1.42. The number of methoxy groups -OCH3 is 1. The van der Waals surface area contributed by atoms with Crippen LogP contribution in [0.15, 0.2) is 23.5 Å². The summed E-state index contributed by atoms with van der Waals surface area (Å²) in [5.41, 5.74) is -0.764. The summed E-state index contributed by atoms with van der Waals surface area (Å²) >= 11 is 0. The molecular weight excluding hydrogens is 232 g/mol. The van der Waals surface area contributed by atoms with Crippen molar-refractivity contribution in [3.63, 3.8) is 0 Å². The zero-order chi connectivity index (χ0) is 13.7. The van der Waals surface area contributed by atoms with Gasteiger partial charge in [0.1, 0.15) is 0 Å². The summed E-state index contributed by atoms with van der Waals surface area (Å²) < 4.78 is 5.07. The highest BCUT2D eigenvalue weighted by Gasteiger charge is 2.57. The van der Waals surface area contributed by atoms with Gasteiger partial charge in [-0.05, 0) is 19.8 Å². The molecule has 2 aliphatic carbocycles. The number of hydrogen-bond acceptors (Lipinski definition) is 4. The third-order valence-electron chi connectivity index (χ3n) is 4.26. The summed E-state index contributed by atoms with van der Waals surface area (Å²) in [6.07, 6.45) is 2.47. The van der Waals surface area contributed by atoms with Gasteiger partial charge >= 0.3 is 0 Å². The summed E-state index contributed by atoms with van der Waals surface area (Å²) in [7, 11) is 1.40. The van der Waals surface area contributed by atoms with E-state index in [0.717, 1.165) is 0 Å². The van der Waals surface area contributed by atoms with Gasteiger partial charge < -0.3 is 9.84 Å². The summed E-state index contributed by atoms with van der Waals surface area (Å²) in [5, 5.41) is 10.1. The van der Waals surface area contributed by atoms with Gasteiger partial charge in [-0.1, -0.05) is 19.1 Å². The molecule has 0 spiro atoms. The molecule has 0 aliphatic heterocycles. The molecule has 0 aromatic carbocycles. The Labute approximate surface area is 106 Å². The van der Waals surface area contributed by atoms with Gasteiger partial charge in [-0.25, -0.2) is 0 Å². The fourth-order valence-electron chi connectivity index (χ4n) is 3.20. The normalized spacial score (nSPS) is 39.9. The lowest BCUT2D eigenvalue weighted by atomic mass is 9.57. The molecule has 4 nitrogen and oxygen atoms in total. The zero-order valence-electron chi connectivity index (χ0n) is 11.1. The maximum atomic E-state index is 12.5. The lowest BCUT2D eigenvalue weighted by Crippen LogP contribution is -2.55. The van der Waals surface area contributed by atoms with Crippen LogP contribution in [-0.4, -0.2) is 29.9 Å². The average Bonchev–Trinajstić information content (AvgIpc) is 2.32. The molecule has 18 heavy (non-hydrogen) atoms. The van der Waals surface area contributed by atoms with Crippen molar-refractivity contribution in [2.24, 2.45) is 17.3 Å². The molecule has 0 unspecified atom stereocenters. The third-order valence-corrected chi connectivity index (χ3v) is 4.26. The second-order valence-corrected chi connectivity index (χ2v) is 5.30. The number of carbonyl (C=O) groups is 2. The van der Waals surface area contributed by atoms with Gasteiger partial charge in [0, 0.05) is 11.5 Å². The number of ketones is 2. The van der Waals surface area contributed by atoms with Crippen molar-refractivity contribution in [2.45, 2.75) is 26.9 Å². The molecule has 0 fully saturated rings. The van der Waals surface area contributed by atoms with Crippen LogP contribution in [0.25, 0.3) is 0 Å². The zero-order valence-corrected chi connectivity index (χ0v) is 11.1. The first kappa shape index (κ1) is 13.0. The number of rotatable bonds is 1. The predicted octanol–water partition coefficient (Wildman–Crippen LogP) is 1.25. The topological polar surface area (TPSA) is 63.6 Å². The average molecular weight is 250 g/mol. The van der Waals surface area contributed by atoms with Crippen LogP contribution in [0, 0.1) is 17.3 Å². The Balaban J connectivity index is 2.65. The van der Waals surface area contributed by atoms with Crippen molar-refractivity contribution in [3.8, 4) is 0 Å². The van der Waals surface area contributed by atoms with E-state index in [1.165, 1.54) is 7.11 Å². The highest BCUT2D eigenvalue weighted by Crippen LogP contribution is 2.48. The highest BCUT2D eigenvalue weighted by molar-refractivity contribution is 6.14. The van der Waals surface area contributed by atoms with E-state index in [1.54, 1.807) is 26.0 Å². The van der Waals surface area contributed by atoms with Crippen LogP contribution in [0.4, 0.5) is 0 Å². The smallest absolute Gasteiger partial charge is 0.202 e. The maximum Gasteiger partial charge on any atom is 0.202 e. The summed E-state index contributed by atoms with van der Waals surface area (Å²) in [4.78, 5) is 24.9. The highest BCUT2D eigenvalue weighted by atomic mass is 16.5. The van der Waals surface area contributed by atoms with E-state index >= 15 is 0 Å². The minimum Gasteiger partial charge on any atom is -0.493 e. The summed E-state index contributed by atoms with van der Waals surface area (Å²) in [6.45, 7) is 5.12. The number of hydrogen-bond donors (Lipinski definition) is 1. The number of carbonyl (C=O) groups excluding carboxylic acids is 2. The molecule has 0 saturated heterocycles. The first-order valence-corrected chi connectivity index (χ1v) is 6.06. The van der Waals surface area contributed by atoms with Crippen LogP contribution >= 0.6 is 0 Å². The van der Waals surface area contributed by atoms with Crippen LogP contribution in [0.1, 0.15) is 20.8 Å². The van der Waals surface area contributed by atoms with Crippen molar-refractivity contribution in [3.05, 3.63) is 23.5 Å². The number of fused-ring (bicyclic) bond motifs is 1. The molecule has 2 rings (SSSR count). The van der Waals surface area contributed by atoms with Gasteiger partial charge in [0.25, 0.3) is 0 Å². The van der Waals surface area contributed by atoms with Crippen LogP contribution < -0.4 is 0 Å². The molecule has 0 radical (unpaired) electrons. The number of allylic oxidation sites excluding steroid dienone is 3. The number of aliphatic hydroxyl groups is 1. The lowest BCUT2D eigenvalue weighted by Gasteiger charge is -2.46. The van der Waals surface area contributed by atoms with E-state index in [1.807, 2.05) is 6.92 Å². The molecule has 0 aromatic heterocycles. The molecule has 0 saturated carbocycles. The van der Waals surface area contributed by atoms with Crippen molar-refractivity contribution in [1.29, 1.82) is 0 Å². The van der Waals surface area contributed by atoms with Crippen molar-refractivity contribution < 1.29 is 19.4 Å². The van der Waals surface area contributed by atoms with Crippen molar-refractivity contribution in [2.75, 3.05) is 7.11 Å². The number of ether oxygens (including phenoxy) is 1. The van der Waals surface area contributed by atoms with Gasteiger partial charge in [0.15, 0.2) is 11.5 Å². The molecule has 2 aliphatic rings. The monoisotopic (exact) mass is 250 g/mol. The van der Waals surface area contributed by atoms with Gasteiger partial charge in [0.05, 0.1) is 18.6 Å². The van der Waals surface area contributed by atoms with Crippen LogP contribution in [-0.2, 0) is 14.3 Å². The summed E-state index contributed by atoms with van der Waals surface area (Å²) in [5.74, 6) is -0.894. The Bertz CT molecular complexity index is 474. The van der Waals surface area contributed by atoms with Gasteiger partial charge in [-0.2, -0.15) is 0 Å². The van der Waals surface area contributed by atoms with Gasteiger partial charge in [-0.3, -0.25) is 9.59 Å². The maximum absolute atomic E-state index is 12.5. The minimum atomic E-state index is -1.07. The molecule has 4 heteroatoms. The van der Waals surface area contributed by atoms with Gasteiger partial charge in [0.2, 0.25) is 5.78 Å². The van der Waals surface area contributed by atoms with Crippen LogP contribution in [0.3, 0.4) is 0 Å². The van der Waals surface area contributed by atoms with Gasteiger partial charge in [-0.15, -0.1) is 0 Å². The van der Waals surface area contributed by atoms with E-state index < -0.39 is 17.4 Å². The van der Waals surface area contributed by atoms with E-state index in [2.05, 4.69) is 0 Å². The molecule has 4 atom stereocenters. The molecular formula is C14H18O4. The first-order chi connectivity index (χ1) is 8.35. The fraction of sp³-hybridized carbons (Fsp3) is 0.571. The van der Waals surface area contributed by atoms with E-state index in [0.29, 0.717) is 5.57 Å². The van der Waals surface area contributed by atoms with E-state index in [-0.39, 0.29) is 23.2 Å². The molecule has 0 amide bonds. The Kier molecular flexibility index (Phi) is 2.93. The predicted molar refractivity (Wildman–Crippen MR) is 65.6 cm³/mol. The molecule has 98 valence electrons. The fourth-order valence-corrected chi connectivity index (χ4v) is 3.20. The standard InChI is InChI=1S/C14H18O4/c1-7-5-6-9(15)14(3)10(7)11(16)12(18-4)8(2)13(14)17/h5-7,9-10,15H,1-4H3/t7-,9+,10-,14+/m1/s1. The van der Waals surface area contributed by atoms with Crippen molar-refractivity contribution in [1.82, 2.24) is 0 Å². The second-order valence-electron chi connectivity index (χ2n) is 5.30. The minimum absolute atomic E-state index is 0.0897. The Morgan fingerprint density at radius 1 is 1.33 bits per heavy atom. The Morgan fingerprint density at radius 3 is 2.50 bits per heavy atom.